The van der Waals surface area contributed by atoms with Crippen LogP contribution in [0.1, 0.15) is 38.3 Å². The van der Waals surface area contributed by atoms with Crippen molar-refractivity contribution in [1.29, 1.82) is 0 Å². The second kappa shape index (κ2) is 12.3. The Hall–Kier alpha value is -3.21. The summed E-state index contributed by atoms with van der Waals surface area (Å²) in [6.07, 6.45) is 7.01. The lowest BCUT2D eigenvalue weighted by Gasteiger charge is -2.42. The molecule has 0 bridgehead atoms. The molecule has 0 amide bonds. The lowest BCUT2D eigenvalue weighted by molar-refractivity contribution is 0.0875. The molecular weight excluding hydrogens is 516 g/mol. The van der Waals surface area contributed by atoms with E-state index in [0.717, 1.165) is 78.6 Å². The Kier molecular flexibility index (Phi) is 8.41. The number of methoxy groups -OCH3 is 1. The number of aryl methyl sites for hydroxylation is 1. The van der Waals surface area contributed by atoms with Crippen molar-refractivity contribution in [3.8, 4) is 16.9 Å². The molecule has 10 nitrogen and oxygen atoms in total. The number of pyridine rings is 1. The summed E-state index contributed by atoms with van der Waals surface area (Å²) >= 11 is 0. The fraction of sp³-hybridized carbons (Fsp3) is 0.581. The molecule has 6 rings (SSSR count). The normalized spacial score (nSPS) is 21.3. The number of rotatable bonds is 7. The number of hydrogen-bond acceptors (Lipinski definition) is 10. The molecule has 1 unspecified atom stereocenters. The van der Waals surface area contributed by atoms with Crippen molar-refractivity contribution < 1.29 is 9.47 Å². The summed E-state index contributed by atoms with van der Waals surface area (Å²) in [4.78, 5) is 22.1. The van der Waals surface area contributed by atoms with Gasteiger partial charge in [-0.3, -0.25) is 4.90 Å². The number of benzene rings is 1. The van der Waals surface area contributed by atoms with Crippen LogP contribution in [0.2, 0.25) is 0 Å². The number of nitrogens with one attached hydrogen (secondary N) is 1. The second-order valence-electron chi connectivity index (χ2n) is 11.6. The third-order valence-electron chi connectivity index (χ3n) is 8.98. The molecule has 1 aromatic carbocycles. The number of nitrogens with zero attached hydrogens (tertiary/aromatic N) is 6. The molecule has 41 heavy (non-hydrogen) atoms. The van der Waals surface area contributed by atoms with E-state index in [0.29, 0.717) is 24.0 Å². The van der Waals surface area contributed by atoms with Crippen molar-refractivity contribution in [3.63, 3.8) is 0 Å². The molecule has 5 heterocycles. The third-order valence-corrected chi connectivity index (χ3v) is 8.98. The van der Waals surface area contributed by atoms with E-state index in [9.17, 15) is 0 Å². The maximum Gasteiger partial charge on any atom is 0.151 e. The summed E-state index contributed by atoms with van der Waals surface area (Å²) in [5.41, 5.74) is 11.6. The molecule has 10 heteroatoms. The Morgan fingerprint density at radius 3 is 2.56 bits per heavy atom. The second-order valence-corrected chi connectivity index (χ2v) is 11.6. The van der Waals surface area contributed by atoms with Gasteiger partial charge in [0.15, 0.2) is 5.82 Å². The first-order valence-electron chi connectivity index (χ1n) is 15.2. The Morgan fingerprint density at radius 2 is 1.85 bits per heavy atom. The standard InChI is InChI=1S/C31H44N8O2/c1-4-25-31(34-22-6-5-17-41-20-22)36-28-24(19-33-30(32)29(28)35-25)21-7-8-26(27(18-21)40-3)39-11-9-23(10-12-39)38-15-13-37(2)14-16-38/h7-8,18-19,22-23H,4-6,9-17,20H2,1-3H3,(H2,32,33)(H,34,36). The number of anilines is 3. The van der Waals surface area contributed by atoms with Gasteiger partial charge in [-0.05, 0) is 56.8 Å². The number of hydrogen-bond donors (Lipinski definition) is 2. The van der Waals surface area contributed by atoms with Crippen LogP contribution in [0.15, 0.2) is 24.4 Å². The van der Waals surface area contributed by atoms with Crippen LogP contribution in [0.25, 0.3) is 22.2 Å². The molecular formula is C31H44N8O2. The predicted octanol–water partition coefficient (Wildman–Crippen LogP) is 3.65. The van der Waals surface area contributed by atoms with E-state index in [1.54, 1.807) is 13.3 Å². The lowest BCUT2D eigenvalue weighted by atomic mass is 10.00. The summed E-state index contributed by atoms with van der Waals surface area (Å²) in [5.74, 6) is 2.06. The van der Waals surface area contributed by atoms with Crippen LogP contribution in [-0.2, 0) is 11.2 Å². The van der Waals surface area contributed by atoms with E-state index in [1.165, 1.54) is 39.0 Å². The highest BCUT2D eigenvalue weighted by molar-refractivity contribution is 5.97. The van der Waals surface area contributed by atoms with Gasteiger partial charge in [0.05, 0.1) is 31.1 Å². The molecule has 1 atom stereocenters. The number of aromatic nitrogens is 3. The minimum absolute atomic E-state index is 0.225. The first-order valence-corrected chi connectivity index (χ1v) is 15.2. The van der Waals surface area contributed by atoms with E-state index in [-0.39, 0.29) is 6.04 Å². The first kappa shape index (κ1) is 27.9. The van der Waals surface area contributed by atoms with Crippen molar-refractivity contribution in [3.05, 3.63) is 30.1 Å². The molecule has 3 aliphatic heterocycles. The van der Waals surface area contributed by atoms with Crippen molar-refractivity contribution in [2.75, 3.05) is 82.6 Å². The molecule has 3 fully saturated rings. The number of piperidine rings is 1. The van der Waals surface area contributed by atoms with Crippen LogP contribution in [-0.4, -0.2) is 103 Å². The highest BCUT2D eigenvalue weighted by Crippen LogP contribution is 2.38. The highest BCUT2D eigenvalue weighted by Gasteiger charge is 2.28. The Morgan fingerprint density at radius 1 is 1.05 bits per heavy atom. The zero-order valence-electron chi connectivity index (χ0n) is 24.7. The van der Waals surface area contributed by atoms with Gasteiger partial charge < -0.3 is 30.3 Å². The molecule has 220 valence electrons. The van der Waals surface area contributed by atoms with Gasteiger partial charge in [-0.25, -0.2) is 15.0 Å². The van der Waals surface area contributed by atoms with Gasteiger partial charge in [0.2, 0.25) is 0 Å². The zero-order valence-corrected chi connectivity index (χ0v) is 24.7. The number of fused-ring (bicyclic) bond motifs is 1. The molecule has 3 saturated heterocycles. The monoisotopic (exact) mass is 560 g/mol. The number of nitrogens with two attached hydrogens (primary N) is 1. The highest BCUT2D eigenvalue weighted by atomic mass is 16.5. The molecule has 2 aromatic heterocycles. The quantitative estimate of drug-likeness (QED) is 0.445. The van der Waals surface area contributed by atoms with Gasteiger partial charge in [0.1, 0.15) is 22.6 Å². The average Bonchev–Trinajstić information content (AvgIpc) is 3.02. The maximum atomic E-state index is 6.32. The van der Waals surface area contributed by atoms with Crippen LogP contribution in [0.5, 0.6) is 5.75 Å². The fourth-order valence-electron chi connectivity index (χ4n) is 6.48. The largest absolute Gasteiger partial charge is 0.495 e. The molecule has 3 N–H and O–H groups in total. The molecule has 0 saturated carbocycles. The minimum Gasteiger partial charge on any atom is -0.495 e. The SMILES string of the molecule is CCc1nc2c(N)ncc(-c3ccc(N4CCC(N5CCN(C)CC5)CC4)c(OC)c3)c2nc1NC1CCCOC1. The van der Waals surface area contributed by atoms with Crippen molar-refractivity contribution in [2.45, 2.75) is 51.1 Å². The third kappa shape index (κ3) is 5.91. The van der Waals surface area contributed by atoms with E-state index >= 15 is 0 Å². The van der Waals surface area contributed by atoms with Crippen LogP contribution < -0.4 is 20.7 Å². The fourth-order valence-corrected chi connectivity index (χ4v) is 6.48. The summed E-state index contributed by atoms with van der Waals surface area (Å²) < 4.78 is 11.6. The topological polar surface area (TPSA) is 105 Å². The number of ether oxygens (including phenoxy) is 2. The van der Waals surface area contributed by atoms with Crippen molar-refractivity contribution >= 4 is 28.4 Å². The Bertz CT molecular complexity index is 1350. The molecule has 3 aromatic rings. The molecule has 0 aliphatic carbocycles. The van der Waals surface area contributed by atoms with Gasteiger partial charge >= 0.3 is 0 Å². The number of likely N-dealkylation sites (N-methyl/N-ethyl adjacent to an activating group) is 1. The van der Waals surface area contributed by atoms with Crippen molar-refractivity contribution in [1.82, 2.24) is 24.8 Å². The number of nitrogen functional groups attached to an aromatic ring is 1. The summed E-state index contributed by atoms with van der Waals surface area (Å²) in [6.45, 7) is 10.3. The van der Waals surface area contributed by atoms with Gasteiger partial charge in [-0.2, -0.15) is 0 Å². The average molecular weight is 561 g/mol. The predicted molar refractivity (Wildman–Crippen MR) is 165 cm³/mol. The molecule has 0 radical (unpaired) electrons. The summed E-state index contributed by atoms with van der Waals surface area (Å²) in [5, 5.41) is 3.60. The van der Waals surface area contributed by atoms with Crippen LogP contribution in [0, 0.1) is 0 Å². The van der Waals surface area contributed by atoms with Gasteiger partial charge in [0, 0.05) is 63.7 Å². The number of piperazine rings is 1. The van der Waals surface area contributed by atoms with E-state index < -0.39 is 0 Å². The molecule has 0 spiro atoms. The van der Waals surface area contributed by atoms with Gasteiger partial charge in [0.25, 0.3) is 0 Å². The minimum atomic E-state index is 0.225. The first-order chi connectivity index (χ1) is 20.0. The summed E-state index contributed by atoms with van der Waals surface area (Å²) in [7, 11) is 3.97. The maximum absolute atomic E-state index is 6.32. The van der Waals surface area contributed by atoms with Gasteiger partial charge in [-0.1, -0.05) is 13.0 Å². The van der Waals surface area contributed by atoms with E-state index in [4.69, 9.17) is 25.2 Å². The zero-order chi connectivity index (χ0) is 28.3. The lowest BCUT2D eigenvalue weighted by Crippen LogP contribution is -2.52. The van der Waals surface area contributed by atoms with Gasteiger partial charge in [-0.15, -0.1) is 0 Å². The van der Waals surface area contributed by atoms with Crippen LogP contribution in [0.3, 0.4) is 0 Å². The Balaban J connectivity index is 1.26. The summed E-state index contributed by atoms with van der Waals surface area (Å²) in [6, 6.07) is 7.33. The van der Waals surface area contributed by atoms with Crippen LogP contribution in [0.4, 0.5) is 17.3 Å². The molecule has 3 aliphatic rings. The van der Waals surface area contributed by atoms with E-state index in [1.807, 2.05) is 0 Å². The van der Waals surface area contributed by atoms with Crippen LogP contribution >= 0.6 is 0 Å². The van der Waals surface area contributed by atoms with E-state index in [2.05, 4.69) is 57.2 Å². The van der Waals surface area contributed by atoms with Crippen molar-refractivity contribution in [2.24, 2.45) is 0 Å². The Labute approximate surface area is 243 Å². The smallest absolute Gasteiger partial charge is 0.151 e.